The second-order valence-corrected chi connectivity index (χ2v) is 5.73. The second kappa shape index (κ2) is 5.06. The maximum Gasteiger partial charge on any atom is 0.182 e. The topological polar surface area (TPSA) is 32.5 Å². The molecule has 0 atom stereocenters. The van der Waals surface area contributed by atoms with Gasteiger partial charge in [0.1, 0.15) is 0 Å². The van der Waals surface area contributed by atoms with Crippen LogP contribution in [0.25, 0.3) is 0 Å². The van der Waals surface area contributed by atoms with Gasteiger partial charge in [-0.1, -0.05) is 6.07 Å². The van der Waals surface area contributed by atoms with Crippen molar-refractivity contribution in [3.8, 4) is 0 Å². The number of hydrogen-bond donors (Lipinski definition) is 1. The summed E-state index contributed by atoms with van der Waals surface area (Å²) in [5.41, 5.74) is 5.87. The van der Waals surface area contributed by atoms with Gasteiger partial charge in [0.05, 0.1) is 5.69 Å². The van der Waals surface area contributed by atoms with Crippen molar-refractivity contribution >= 4 is 5.69 Å². The molecular formula is C14H21F2N3. The molecule has 1 saturated heterocycles. The van der Waals surface area contributed by atoms with Gasteiger partial charge < -0.3 is 10.6 Å². The van der Waals surface area contributed by atoms with E-state index in [1.54, 1.807) is 12.1 Å². The molecule has 2 rings (SSSR count). The summed E-state index contributed by atoms with van der Waals surface area (Å²) in [6, 6.07) is 3.20. The number of piperazine rings is 1. The van der Waals surface area contributed by atoms with Crippen LogP contribution in [-0.4, -0.2) is 37.1 Å². The largest absolute Gasteiger partial charge is 0.366 e. The van der Waals surface area contributed by atoms with Gasteiger partial charge in [0.25, 0.3) is 0 Å². The Morgan fingerprint density at radius 1 is 1.21 bits per heavy atom. The number of nitrogens with two attached hydrogens (primary N) is 1. The minimum atomic E-state index is -0.822. The standard InChI is InChI=1S/C14H21F2N3/c1-14(2)9-19(7-6-18(14)3)11-5-4-10(8-17)12(15)13(11)16/h4-5H,6-9,17H2,1-3H3. The average Bonchev–Trinajstić information content (AvgIpc) is 2.36. The first-order valence-electron chi connectivity index (χ1n) is 6.50. The lowest BCUT2D eigenvalue weighted by Gasteiger charge is -2.46. The van der Waals surface area contributed by atoms with Crippen LogP contribution in [0.3, 0.4) is 0 Å². The number of hydrogen-bond acceptors (Lipinski definition) is 3. The fourth-order valence-electron chi connectivity index (χ4n) is 2.43. The van der Waals surface area contributed by atoms with Gasteiger partial charge in [0.2, 0.25) is 0 Å². The van der Waals surface area contributed by atoms with Gasteiger partial charge in [0.15, 0.2) is 11.6 Å². The summed E-state index contributed by atoms with van der Waals surface area (Å²) in [7, 11) is 2.05. The first kappa shape index (κ1) is 14.2. The highest BCUT2D eigenvalue weighted by Gasteiger charge is 2.32. The lowest BCUT2D eigenvalue weighted by Crippen LogP contribution is -2.57. The van der Waals surface area contributed by atoms with Crippen molar-refractivity contribution < 1.29 is 8.78 Å². The Morgan fingerprint density at radius 3 is 2.47 bits per heavy atom. The van der Waals surface area contributed by atoms with Crippen LogP contribution in [0.2, 0.25) is 0 Å². The van der Waals surface area contributed by atoms with Gasteiger partial charge in [-0.3, -0.25) is 4.90 Å². The lowest BCUT2D eigenvalue weighted by atomic mass is 9.99. The maximum atomic E-state index is 14.1. The van der Waals surface area contributed by atoms with E-state index in [1.807, 2.05) is 11.9 Å². The number of nitrogens with zero attached hydrogens (tertiary/aromatic N) is 2. The first-order valence-corrected chi connectivity index (χ1v) is 6.50. The summed E-state index contributed by atoms with van der Waals surface area (Å²) in [4.78, 5) is 4.13. The molecule has 0 aromatic heterocycles. The minimum Gasteiger partial charge on any atom is -0.366 e. The zero-order chi connectivity index (χ0) is 14.2. The van der Waals surface area contributed by atoms with Crippen LogP contribution in [0.4, 0.5) is 14.5 Å². The Kier molecular flexibility index (Phi) is 3.78. The van der Waals surface area contributed by atoms with Gasteiger partial charge in [-0.05, 0) is 27.0 Å². The number of halogens is 2. The van der Waals surface area contributed by atoms with Crippen molar-refractivity contribution in [3.05, 3.63) is 29.3 Å². The van der Waals surface area contributed by atoms with Crippen LogP contribution in [0.1, 0.15) is 19.4 Å². The summed E-state index contributed by atoms with van der Waals surface area (Å²) in [6.45, 7) is 6.40. The molecule has 1 fully saturated rings. The van der Waals surface area contributed by atoms with Crippen molar-refractivity contribution in [2.45, 2.75) is 25.9 Å². The normalized spacial score (nSPS) is 19.8. The Morgan fingerprint density at radius 2 is 1.89 bits per heavy atom. The molecule has 5 heteroatoms. The second-order valence-electron chi connectivity index (χ2n) is 5.73. The molecule has 1 aliphatic rings. The van der Waals surface area contributed by atoms with E-state index in [1.165, 1.54) is 0 Å². The van der Waals surface area contributed by atoms with Gasteiger partial charge in [0, 0.05) is 37.3 Å². The highest BCUT2D eigenvalue weighted by molar-refractivity contribution is 5.51. The molecule has 0 bridgehead atoms. The van der Waals surface area contributed by atoms with Gasteiger partial charge in [-0.2, -0.15) is 0 Å². The van der Waals surface area contributed by atoms with Gasteiger partial charge >= 0.3 is 0 Å². The van der Waals surface area contributed by atoms with E-state index >= 15 is 0 Å². The van der Waals surface area contributed by atoms with Crippen molar-refractivity contribution in [2.75, 3.05) is 31.6 Å². The van der Waals surface area contributed by atoms with E-state index in [9.17, 15) is 8.78 Å². The molecule has 1 heterocycles. The number of likely N-dealkylation sites (N-methyl/N-ethyl adjacent to an activating group) is 1. The highest BCUT2D eigenvalue weighted by atomic mass is 19.2. The molecule has 0 radical (unpaired) electrons. The minimum absolute atomic E-state index is 0.0112. The van der Waals surface area contributed by atoms with Crippen molar-refractivity contribution in [1.29, 1.82) is 0 Å². The predicted octanol–water partition coefficient (Wildman–Crippen LogP) is 1.95. The Labute approximate surface area is 113 Å². The van der Waals surface area contributed by atoms with E-state index in [0.29, 0.717) is 18.8 Å². The third-order valence-corrected chi connectivity index (χ3v) is 4.02. The predicted molar refractivity (Wildman–Crippen MR) is 73.2 cm³/mol. The zero-order valence-corrected chi connectivity index (χ0v) is 11.7. The molecule has 0 amide bonds. The van der Waals surface area contributed by atoms with Crippen molar-refractivity contribution in [3.63, 3.8) is 0 Å². The smallest absolute Gasteiger partial charge is 0.182 e. The molecule has 1 aromatic rings. The summed E-state index contributed by atoms with van der Waals surface area (Å²) in [5.74, 6) is -1.61. The fraction of sp³-hybridized carbons (Fsp3) is 0.571. The number of rotatable bonds is 2. The van der Waals surface area contributed by atoms with Crippen LogP contribution in [0.15, 0.2) is 12.1 Å². The quantitative estimate of drug-likeness (QED) is 0.890. The molecule has 3 nitrogen and oxygen atoms in total. The van der Waals surface area contributed by atoms with E-state index in [4.69, 9.17) is 5.73 Å². The van der Waals surface area contributed by atoms with Gasteiger partial charge in [-0.25, -0.2) is 8.78 Å². The van der Waals surface area contributed by atoms with Crippen LogP contribution in [0.5, 0.6) is 0 Å². The first-order chi connectivity index (χ1) is 8.86. The monoisotopic (exact) mass is 269 g/mol. The van der Waals surface area contributed by atoms with E-state index in [2.05, 4.69) is 18.7 Å². The third kappa shape index (κ3) is 2.58. The number of anilines is 1. The molecule has 1 aromatic carbocycles. The Hall–Kier alpha value is -1.20. The highest BCUT2D eigenvalue weighted by Crippen LogP contribution is 2.28. The van der Waals surface area contributed by atoms with Crippen LogP contribution >= 0.6 is 0 Å². The average molecular weight is 269 g/mol. The third-order valence-electron chi connectivity index (χ3n) is 4.02. The van der Waals surface area contributed by atoms with E-state index in [0.717, 1.165) is 6.54 Å². The van der Waals surface area contributed by atoms with Crippen LogP contribution in [-0.2, 0) is 6.54 Å². The van der Waals surface area contributed by atoms with Crippen molar-refractivity contribution in [1.82, 2.24) is 4.90 Å². The molecular weight excluding hydrogens is 248 g/mol. The van der Waals surface area contributed by atoms with E-state index < -0.39 is 11.6 Å². The Balaban J connectivity index is 2.31. The Bertz CT molecular complexity index is 474. The van der Waals surface area contributed by atoms with Crippen molar-refractivity contribution in [2.24, 2.45) is 5.73 Å². The van der Waals surface area contributed by atoms with Crippen LogP contribution in [0, 0.1) is 11.6 Å². The molecule has 106 valence electrons. The lowest BCUT2D eigenvalue weighted by molar-refractivity contribution is 0.138. The summed E-state index contributed by atoms with van der Waals surface area (Å²) >= 11 is 0. The zero-order valence-electron chi connectivity index (χ0n) is 11.7. The summed E-state index contributed by atoms with van der Waals surface area (Å²) in [6.07, 6.45) is 0. The summed E-state index contributed by atoms with van der Waals surface area (Å²) < 4.78 is 27.9. The number of benzene rings is 1. The molecule has 1 aliphatic heterocycles. The molecule has 0 spiro atoms. The SMILES string of the molecule is CN1CCN(c2ccc(CN)c(F)c2F)CC1(C)C. The molecule has 0 saturated carbocycles. The molecule has 0 aliphatic carbocycles. The molecule has 2 N–H and O–H groups in total. The van der Waals surface area contributed by atoms with Gasteiger partial charge in [-0.15, -0.1) is 0 Å². The van der Waals surface area contributed by atoms with E-state index in [-0.39, 0.29) is 17.6 Å². The molecule has 19 heavy (non-hydrogen) atoms. The maximum absolute atomic E-state index is 14.1. The fourth-order valence-corrected chi connectivity index (χ4v) is 2.43. The molecule has 0 unspecified atom stereocenters. The summed E-state index contributed by atoms with van der Waals surface area (Å²) in [5, 5.41) is 0. The van der Waals surface area contributed by atoms with Crippen LogP contribution < -0.4 is 10.6 Å².